The first-order valence-corrected chi connectivity index (χ1v) is 19.7. The molecule has 52 heavy (non-hydrogen) atoms. The molecule has 1 aliphatic carbocycles. The second kappa shape index (κ2) is 18.9. The number of aliphatic hydroxyl groups is 1. The molecule has 0 amide bonds. The molecule has 1 heterocycles. The number of fused-ring (bicyclic) bond motifs is 1. The van der Waals surface area contributed by atoms with Crippen molar-refractivity contribution in [1.29, 1.82) is 0 Å². The Labute approximate surface area is 313 Å². The largest absolute Gasteiger partial charge is 0.481 e. The molecule has 0 bridgehead atoms. The van der Waals surface area contributed by atoms with Gasteiger partial charge in [0.1, 0.15) is 5.60 Å². The molecule has 4 rings (SSSR count). The van der Waals surface area contributed by atoms with Crippen LogP contribution in [0, 0.1) is 34.0 Å². The van der Waals surface area contributed by atoms with Crippen LogP contribution in [0.2, 0.25) is 0 Å². The van der Waals surface area contributed by atoms with Crippen LogP contribution in [-0.4, -0.2) is 52.7 Å². The maximum absolute atomic E-state index is 13.6. The summed E-state index contributed by atoms with van der Waals surface area (Å²) in [7, 11) is 0. The van der Waals surface area contributed by atoms with Crippen molar-refractivity contribution in [1.82, 2.24) is 0 Å². The van der Waals surface area contributed by atoms with E-state index < -0.39 is 40.2 Å². The van der Waals surface area contributed by atoms with Gasteiger partial charge in [-0.1, -0.05) is 82.1 Å². The number of hydrogen-bond acceptors (Lipinski definition) is 7. The SMILES string of the molecule is CCC(C)(CCCC(C)(CC(C)CC(C)(C)C(=O)OC(C)(C)C1CCC(C)CC1O)C(=O)OC1CCCCO1)C(=O)O.c1ccc2ccccc2c1. The Balaban J connectivity index is 0.000000616. The van der Waals surface area contributed by atoms with E-state index in [9.17, 15) is 24.6 Å². The Hall–Kier alpha value is -2.97. The van der Waals surface area contributed by atoms with E-state index in [2.05, 4.69) is 55.5 Å². The van der Waals surface area contributed by atoms with Crippen molar-refractivity contribution < 1.29 is 38.8 Å². The molecule has 2 aromatic rings. The maximum atomic E-state index is 13.6. The number of carbonyl (C=O) groups excluding carboxylic acids is 2. The molecule has 7 unspecified atom stereocenters. The minimum Gasteiger partial charge on any atom is -0.481 e. The maximum Gasteiger partial charge on any atom is 0.314 e. The average molecular weight is 725 g/mol. The van der Waals surface area contributed by atoms with Crippen molar-refractivity contribution in [2.24, 2.45) is 34.0 Å². The van der Waals surface area contributed by atoms with E-state index in [1.807, 2.05) is 48.5 Å². The van der Waals surface area contributed by atoms with Crippen LogP contribution in [0.15, 0.2) is 48.5 Å². The molecule has 0 radical (unpaired) electrons. The zero-order valence-electron chi connectivity index (χ0n) is 33.5. The lowest BCUT2D eigenvalue weighted by molar-refractivity contribution is -0.198. The molecule has 2 aliphatic rings. The number of esters is 2. The van der Waals surface area contributed by atoms with E-state index >= 15 is 0 Å². The van der Waals surface area contributed by atoms with Gasteiger partial charge in [-0.2, -0.15) is 0 Å². The predicted octanol–water partition coefficient (Wildman–Crippen LogP) is 10.1. The summed E-state index contributed by atoms with van der Waals surface area (Å²) in [5.74, 6) is -1.10. The first-order chi connectivity index (χ1) is 24.3. The lowest BCUT2D eigenvalue weighted by Crippen LogP contribution is -2.47. The third kappa shape index (κ3) is 12.3. The molecule has 8 nitrogen and oxygen atoms in total. The monoisotopic (exact) mass is 724 g/mol. The van der Waals surface area contributed by atoms with Gasteiger partial charge in [-0.15, -0.1) is 0 Å². The molecule has 0 aromatic heterocycles. The van der Waals surface area contributed by atoms with Gasteiger partial charge >= 0.3 is 17.9 Å². The number of rotatable bonds is 15. The van der Waals surface area contributed by atoms with Crippen molar-refractivity contribution in [2.75, 3.05) is 6.61 Å². The molecule has 2 aromatic carbocycles. The summed E-state index contributed by atoms with van der Waals surface area (Å²) in [5, 5.41) is 23.1. The minimum absolute atomic E-state index is 0.0151. The third-order valence-electron chi connectivity index (χ3n) is 11.8. The minimum atomic E-state index is -0.852. The fourth-order valence-electron chi connectivity index (χ4n) is 8.20. The van der Waals surface area contributed by atoms with Gasteiger partial charge in [-0.05, 0) is 122 Å². The van der Waals surface area contributed by atoms with Crippen LogP contribution in [0.5, 0.6) is 0 Å². The van der Waals surface area contributed by atoms with Gasteiger partial charge in [-0.3, -0.25) is 14.4 Å². The summed E-state index contributed by atoms with van der Waals surface area (Å²) >= 11 is 0. The number of aliphatic hydroxyl groups excluding tert-OH is 1. The number of benzene rings is 2. The second-order valence-electron chi connectivity index (χ2n) is 17.7. The summed E-state index contributed by atoms with van der Waals surface area (Å²) in [6.07, 6.45) is 7.13. The number of carboxylic acids is 1. The Morgan fingerprint density at radius 3 is 1.92 bits per heavy atom. The van der Waals surface area contributed by atoms with Crippen LogP contribution in [-0.2, 0) is 28.6 Å². The summed E-state index contributed by atoms with van der Waals surface area (Å²) < 4.78 is 17.6. The summed E-state index contributed by atoms with van der Waals surface area (Å²) in [6.45, 7) is 17.9. The molecule has 7 atom stereocenters. The Morgan fingerprint density at radius 2 is 1.42 bits per heavy atom. The highest BCUT2D eigenvalue weighted by molar-refractivity contribution is 5.82. The van der Waals surface area contributed by atoms with E-state index in [0.29, 0.717) is 57.5 Å². The van der Waals surface area contributed by atoms with Crippen molar-refractivity contribution in [3.8, 4) is 0 Å². The molecule has 1 saturated carbocycles. The van der Waals surface area contributed by atoms with E-state index in [1.54, 1.807) is 6.92 Å². The van der Waals surface area contributed by atoms with Crippen LogP contribution in [0.25, 0.3) is 10.8 Å². The lowest BCUT2D eigenvalue weighted by atomic mass is 9.71. The smallest absolute Gasteiger partial charge is 0.314 e. The lowest BCUT2D eigenvalue weighted by Gasteiger charge is -2.43. The van der Waals surface area contributed by atoms with Gasteiger partial charge in [-0.25, -0.2) is 0 Å². The van der Waals surface area contributed by atoms with Crippen LogP contribution < -0.4 is 0 Å². The highest BCUT2D eigenvalue weighted by Crippen LogP contribution is 2.43. The second-order valence-corrected chi connectivity index (χ2v) is 17.7. The molecule has 1 aliphatic heterocycles. The van der Waals surface area contributed by atoms with Gasteiger partial charge in [0, 0.05) is 12.3 Å². The van der Waals surface area contributed by atoms with Crippen molar-refractivity contribution in [3.63, 3.8) is 0 Å². The van der Waals surface area contributed by atoms with Crippen molar-refractivity contribution >= 4 is 28.7 Å². The predicted molar refractivity (Wildman–Crippen MR) is 206 cm³/mol. The molecular weight excluding hydrogens is 656 g/mol. The van der Waals surface area contributed by atoms with Gasteiger partial charge in [0.15, 0.2) is 0 Å². The molecule has 292 valence electrons. The number of hydrogen-bond donors (Lipinski definition) is 2. The van der Waals surface area contributed by atoms with Crippen LogP contribution >= 0.6 is 0 Å². The highest BCUT2D eigenvalue weighted by Gasteiger charge is 2.45. The number of carbonyl (C=O) groups is 3. The van der Waals surface area contributed by atoms with Crippen LogP contribution in [0.3, 0.4) is 0 Å². The fourth-order valence-corrected chi connectivity index (χ4v) is 8.20. The number of aliphatic carboxylic acids is 1. The van der Waals surface area contributed by atoms with E-state index in [1.165, 1.54) is 10.8 Å². The van der Waals surface area contributed by atoms with E-state index in [4.69, 9.17) is 14.2 Å². The number of carboxylic acid groups (broad SMARTS) is 1. The molecule has 0 spiro atoms. The Morgan fingerprint density at radius 1 is 0.846 bits per heavy atom. The molecule has 1 saturated heterocycles. The summed E-state index contributed by atoms with van der Waals surface area (Å²) in [6, 6.07) is 16.7. The van der Waals surface area contributed by atoms with Crippen LogP contribution in [0.4, 0.5) is 0 Å². The standard InChI is InChI=1S/C34H60O8.C10H8/c1-10-33(8,28(36)37)17-13-18-34(9,30(39)41-27-14-11-12-19-40-27)22-24(3)21-31(4,5)29(38)42-32(6,7)25-16-15-23(2)20-26(25)35;1-2-6-10-8-4-3-7-9(10)5-1/h23-27,35H,10-22H2,1-9H3,(H,36,37);1-8H. The summed E-state index contributed by atoms with van der Waals surface area (Å²) in [4.78, 5) is 39.0. The first-order valence-electron chi connectivity index (χ1n) is 19.7. The fraction of sp³-hybridized carbons (Fsp3) is 0.705. The number of ether oxygens (including phenoxy) is 3. The Bertz CT molecular complexity index is 1380. The highest BCUT2D eigenvalue weighted by atomic mass is 16.7. The zero-order valence-corrected chi connectivity index (χ0v) is 33.5. The molecule has 2 fully saturated rings. The van der Waals surface area contributed by atoms with E-state index in [0.717, 1.165) is 32.1 Å². The molecule has 2 N–H and O–H groups in total. The molecule has 8 heteroatoms. The summed E-state index contributed by atoms with van der Waals surface area (Å²) in [5.41, 5.74) is -3.28. The molecular formula is C44H68O8. The van der Waals surface area contributed by atoms with Gasteiger partial charge in [0.2, 0.25) is 6.29 Å². The van der Waals surface area contributed by atoms with Crippen LogP contribution in [0.1, 0.15) is 139 Å². The first kappa shape index (κ1) is 43.4. The third-order valence-corrected chi connectivity index (χ3v) is 11.8. The Kier molecular flexibility index (Phi) is 15.8. The van der Waals surface area contributed by atoms with E-state index in [-0.39, 0.29) is 23.8 Å². The van der Waals surface area contributed by atoms with Gasteiger partial charge < -0.3 is 24.4 Å². The topological polar surface area (TPSA) is 119 Å². The van der Waals surface area contributed by atoms with Crippen molar-refractivity contribution in [2.45, 2.75) is 157 Å². The van der Waals surface area contributed by atoms with Gasteiger partial charge in [0.05, 0.1) is 29.0 Å². The zero-order chi connectivity index (χ0) is 38.7. The normalized spacial score (nSPS) is 24.0. The van der Waals surface area contributed by atoms with Crippen molar-refractivity contribution in [3.05, 3.63) is 48.5 Å². The van der Waals surface area contributed by atoms with Gasteiger partial charge in [0.25, 0.3) is 0 Å². The quantitative estimate of drug-likeness (QED) is 0.174. The average Bonchev–Trinajstić information content (AvgIpc) is 3.08.